The Morgan fingerprint density at radius 2 is 1.96 bits per heavy atom. The molecule has 28 heavy (non-hydrogen) atoms. The van der Waals surface area contributed by atoms with E-state index in [9.17, 15) is 18.3 Å². The highest BCUT2D eigenvalue weighted by atomic mass is 35.5. The van der Waals surface area contributed by atoms with Crippen molar-refractivity contribution in [1.82, 2.24) is 19.5 Å². The van der Waals surface area contributed by atoms with Crippen LogP contribution in [0.1, 0.15) is 17.9 Å². The molecule has 4 rings (SSSR count). The second-order valence-electron chi connectivity index (χ2n) is 6.50. The number of pyridine rings is 1. The lowest BCUT2D eigenvalue weighted by atomic mass is 10.1. The van der Waals surface area contributed by atoms with E-state index in [0.717, 1.165) is 11.8 Å². The van der Waals surface area contributed by atoms with Crippen molar-refractivity contribution in [3.63, 3.8) is 0 Å². The average Bonchev–Trinajstić information content (AvgIpc) is 3.24. The van der Waals surface area contributed by atoms with Crippen molar-refractivity contribution in [2.45, 2.75) is 22.8 Å². The van der Waals surface area contributed by atoms with Gasteiger partial charge in [-0.3, -0.25) is 4.79 Å². The van der Waals surface area contributed by atoms with Gasteiger partial charge in [0.25, 0.3) is 0 Å². The maximum Gasteiger partial charge on any atom is 0.325 e. The lowest BCUT2D eigenvalue weighted by molar-refractivity contribution is -0.140. The van der Waals surface area contributed by atoms with E-state index in [2.05, 4.69) is 14.8 Å². The molecule has 0 spiro atoms. The van der Waals surface area contributed by atoms with Crippen molar-refractivity contribution in [2.24, 2.45) is 0 Å². The molecule has 10 heteroatoms. The number of hydrogen-bond acceptors (Lipinski definition) is 5. The monoisotopic (exact) mass is 418 g/mol. The van der Waals surface area contributed by atoms with E-state index in [1.165, 1.54) is 29.2 Å². The van der Waals surface area contributed by atoms with Crippen LogP contribution in [0.3, 0.4) is 0 Å². The third-order valence-electron chi connectivity index (χ3n) is 4.68. The number of sulfonamides is 1. The number of nitrogens with zero attached hydrogens (tertiary/aromatic N) is 3. The fourth-order valence-electron chi connectivity index (χ4n) is 3.14. The van der Waals surface area contributed by atoms with Crippen molar-refractivity contribution in [3.8, 4) is 5.82 Å². The van der Waals surface area contributed by atoms with Gasteiger partial charge in [-0.2, -0.15) is 9.82 Å². The van der Waals surface area contributed by atoms with Crippen LogP contribution >= 0.6 is 11.6 Å². The Balaban J connectivity index is 1.59. The van der Waals surface area contributed by atoms with Gasteiger partial charge in [-0.15, -0.1) is 0 Å². The number of aliphatic carboxylic acids is 1. The maximum atomic E-state index is 12.8. The zero-order valence-electron chi connectivity index (χ0n) is 14.4. The van der Waals surface area contributed by atoms with E-state index in [-0.39, 0.29) is 11.3 Å². The molecule has 2 N–H and O–H groups in total. The van der Waals surface area contributed by atoms with Crippen molar-refractivity contribution in [1.29, 1.82) is 0 Å². The number of carboxylic acids is 1. The molecule has 1 aliphatic rings. The Morgan fingerprint density at radius 3 is 2.54 bits per heavy atom. The Kier molecular flexibility index (Phi) is 4.45. The second-order valence-corrected chi connectivity index (χ2v) is 8.62. The van der Waals surface area contributed by atoms with Gasteiger partial charge in [-0.25, -0.2) is 18.1 Å². The lowest BCUT2D eigenvalue weighted by Crippen LogP contribution is -2.44. The summed E-state index contributed by atoms with van der Waals surface area (Å²) in [6.07, 6.45) is 4.30. The van der Waals surface area contributed by atoms with Crippen LogP contribution in [0, 0.1) is 0 Å². The highest BCUT2D eigenvalue weighted by Gasteiger charge is 2.63. The third-order valence-corrected chi connectivity index (χ3v) is 6.37. The number of nitrogens with one attached hydrogen (secondary N) is 1. The molecule has 0 aliphatic heterocycles. The zero-order valence-corrected chi connectivity index (χ0v) is 15.9. The lowest BCUT2D eigenvalue weighted by Gasteiger charge is -2.15. The molecular formula is C18H15ClN4O4S. The first-order valence-electron chi connectivity index (χ1n) is 8.31. The number of halogens is 1. The first-order chi connectivity index (χ1) is 13.3. The Morgan fingerprint density at radius 1 is 1.21 bits per heavy atom. The first kappa shape index (κ1) is 18.6. The Bertz CT molecular complexity index is 1130. The Hall–Kier alpha value is -2.75. The topological polar surface area (TPSA) is 114 Å². The summed E-state index contributed by atoms with van der Waals surface area (Å²) in [5.41, 5.74) is -0.786. The molecule has 0 saturated heterocycles. The number of hydrogen-bond donors (Lipinski definition) is 2. The molecule has 2 atom stereocenters. The number of carboxylic acid groups (broad SMARTS) is 1. The van der Waals surface area contributed by atoms with Crippen LogP contribution in [0.4, 0.5) is 0 Å². The van der Waals surface area contributed by atoms with Crippen LogP contribution in [0.2, 0.25) is 5.02 Å². The second kappa shape index (κ2) is 6.69. The van der Waals surface area contributed by atoms with Crippen LogP contribution in [0.25, 0.3) is 5.82 Å². The van der Waals surface area contributed by atoms with Crippen molar-refractivity contribution in [3.05, 3.63) is 71.6 Å². The Labute approximate surface area is 165 Å². The molecule has 0 amide bonds. The maximum absolute atomic E-state index is 12.8. The molecule has 1 fully saturated rings. The first-order valence-corrected chi connectivity index (χ1v) is 10.2. The van der Waals surface area contributed by atoms with Gasteiger partial charge in [-0.05, 0) is 24.1 Å². The minimum atomic E-state index is -4.08. The summed E-state index contributed by atoms with van der Waals surface area (Å²) >= 11 is 5.81. The molecule has 0 bridgehead atoms. The van der Waals surface area contributed by atoms with Gasteiger partial charge in [0, 0.05) is 12.1 Å². The molecule has 1 aliphatic carbocycles. The summed E-state index contributed by atoms with van der Waals surface area (Å²) in [7, 11) is -4.08. The summed E-state index contributed by atoms with van der Waals surface area (Å²) in [5, 5.41) is 14.1. The van der Waals surface area contributed by atoms with Crippen LogP contribution < -0.4 is 4.72 Å². The minimum absolute atomic E-state index is 0.131. The minimum Gasteiger partial charge on any atom is -0.480 e. The van der Waals surface area contributed by atoms with Gasteiger partial charge in [0.15, 0.2) is 5.82 Å². The number of benzene rings is 1. The predicted molar refractivity (Wildman–Crippen MR) is 101 cm³/mol. The summed E-state index contributed by atoms with van der Waals surface area (Å²) in [5.74, 6) is -1.26. The van der Waals surface area contributed by atoms with Crippen LogP contribution in [-0.4, -0.2) is 39.8 Å². The predicted octanol–water partition coefficient (Wildman–Crippen LogP) is 2.21. The van der Waals surface area contributed by atoms with Crippen LogP contribution in [-0.2, 0) is 14.8 Å². The normalized spacial score (nSPS) is 21.4. The van der Waals surface area contributed by atoms with Gasteiger partial charge in [-0.1, -0.05) is 41.9 Å². The fraction of sp³-hybridized carbons (Fsp3) is 0.167. The molecule has 1 aromatic carbocycles. The van der Waals surface area contributed by atoms with E-state index >= 15 is 0 Å². The van der Waals surface area contributed by atoms with E-state index < -0.39 is 27.4 Å². The molecule has 0 unspecified atom stereocenters. The van der Waals surface area contributed by atoms with Gasteiger partial charge < -0.3 is 5.11 Å². The average molecular weight is 419 g/mol. The number of carbonyl (C=O) groups is 1. The quantitative estimate of drug-likeness (QED) is 0.634. The largest absolute Gasteiger partial charge is 0.480 e. The van der Waals surface area contributed by atoms with E-state index in [1.54, 1.807) is 24.3 Å². The molecule has 0 radical (unpaired) electrons. The number of aromatic nitrogens is 3. The summed E-state index contributed by atoms with van der Waals surface area (Å²) in [4.78, 5) is 15.8. The van der Waals surface area contributed by atoms with Gasteiger partial charge in [0.2, 0.25) is 10.0 Å². The molecule has 3 aromatic rings. The summed E-state index contributed by atoms with van der Waals surface area (Å²) < 4.78 is 29.3. The van der Waals surface area contributed by atoms with Crippen molar-refractivity contribution in [2.75, 3.05) is 0 Å². The number of rotatable bonds is 6. The standard InChI is InChI=1S/C18H15ClN4O4S/c19-13-9-21-23(11-13)16-7-6-14(10-20-16)28(26,27)22-18(17(24)25)8-15(18)12-4-2-1-3-5-12/h1-7,9-11,15,22H,8H2,(H,24,25)/t15-,18+/m1/s1. The summed E-state index contributed by atoms with van der Waals surface area (Å²) in [6.45, 7) is 0. The molecule has 2 aromatic heterocycles. The zero-order chi connectivity index (χ0) is 19.9. The van der Waals surface area contributed by atoms with Crippen molar-refractivity contribution >= 4 is 27.6 Å². The van der Waals surface area contributed by atoms with Gasteiger partial charge in [0.1, 0.15) is 10.4 Å². The smallest absolute Gasteiger partial charge is 0.325 e. The fourth-order valence-corrected chi connectivity index (χ4v) is 4.62. The van der Waals surface area contributed by atoms with Crippen LogP contribution in [0.15, 0.2) is 66.0 Å². The SMILES string of the molecule is O=C(O)[C@]1(NS(=O)(=O)c2ccc(-n3cc(Cl)cn3)nc2)C[C@@H]1c1ccccc1. The third kappa shape index (κ3) is 3.28. The molecule has 8 nitrogen and oxygen atoms in total. The van der Waals surface area contributed by atoms with Gasteiger partial charge in [0.05, 0.1) is 17.4 Å². The van der Waals surface area contributed by atoms with E-state index in [1.807, 2.05) is 6.07 Å². The van der Waals surface area contributed by atoms with E-state index in [4.69, 9.17) is 11.6 Å². The van der Waals surface area contributed by atoms with Crippen LogP contribution in [0.5, 0.6) is 0 Å². The molecule has 144 valence electrons. The summed E-state index contributed by atoms with van der Waals surface area (Å²) in [6, 6.07) is 11.8. The van der Waals surface area contributed by atoms with Crippen molar-refractivity contribution < 1.29 is 18.3 Å². The molecule has 2 heterocycles. The highest BCUT2D eigenvalue weighted by Crippen LogP contribution is 2.52. The molecular weight excluding hydrogens is 404 g/mol. The molecule has 1 saturated carbocycles. The van der Waals surface area contributed by atoms with E-state index in [0.29, 0.717) is 10.8 Å². The van der Waals surface area contributed by atoms with Gasteiger partial charge >= 0.3 is 5.97 Å². The highest BCUT2D eigenvalue weighted by molar-refractivity contribution is 7.89.